The van der Waals surface area contributed by atoms with Crippen LogP contribution in [0.3, 0.4) is 0 Å². The fourth-order valence-electron chi connectivity index (χ4n) is 2.16. The summed E-state index contributed by atoms with van der Waals surface area (Å²) in [6, 6.07) is -0.411. The van der Waals surface area contributed by atoms with Gasteiger partial charge < -0.3 is 11.1 Å². The largest absolute Gasteiger partial charge is 0.320 e. The van der Waals surface area contributed by atoms with Crippen LogP contribution in [0.5, 0.6) is 0 Å². The van der Waals surface area contributed by atoms with Gasteiger partial charge in [0, 0.05) is 4.88 Å². The van der Waals surface area contributed by atoms with Crippen LogP contribution in [-0.4, -0.2) is 16.9 Å². The molecule has 1 aromatic heterocycles. The van der Waals surface area contributed by atoms with Crippen LogP contribution in [0.4, 0.5) is 5.13 Å². The van der Waals surface area contributed by atoms with E-state index in [1.165, 1.54) is 23.4 Å². The zero-order valence-corrected chi connectivity index (χ0v) is 11.7. The molecule has 3 N–H and O–H groups in total. The minimum absolute atomic E-state index is 0.102. The van der Waals surface area contributed by atoms with Crippen molar-refractivity contribution in [3.63, 3.8) is 0 Å². The van der Waals surface area contributed by atoms with Gasteiger partial charge in [-0.3, -0.25) is 4.79 Å². The van der Waals surface area contributed by atoms with E-state index >= 15 is 0 Å². The summed E-state index contributed by atoms with van der Waals surface area (Å²) in [6.45, 7) is 2.10. The Morgan fingerprint density at radius 1 is 1.50 bits per heavy atom. The van der Waals surface area contributed by atoms with Gasteiger partial charge in [-0.05, 0) is 32.1 Å². The Kier molecular flexibility index (Phi) is 4.72. The third-order valence-corrected chi connectivity index (χ3v) is 4.35. The number of rotatable bonds is 5. The first-order chi connectivity index (χ1) is 8.70. The minimum Gasteiger partial charge on any atom is -0.320 e. The van der Waals surface area contributed by atoms with Crippen molar-refractivity contribution in [3.05, 3.63) is 10.6 Å². The predicted molar refractivity (Wildman–Crippen MR) is 74.9 cm³/mol. The molecular weight excluding hydrogens is 246 g/mol. The molecule has 1 aliphatic carbocycles. The number of hydrogen-bond donors (Lipinski definition) is 2. The van der Waals surface area contributed by atoms with Crippen molar-refractivity contribution in [1.82, 2.24) is 4.98 Å². The fourth-order valence-corrected chi connectivity index (χ4v) is 3.21. The summed E-state index contributed by atoms with van der Waals surface area (Å²) in [6.07, 6.45) is 7.38. The van der Waals surface area contributed by atoms with Crippen molar-refractivity contribution in [1.29, 1.82) is 0 Å². The van der Waals surface area contributed by atoms with Gasteiger partial charge in [-0.15, -0.1) is 11.3 Å². The quantitative estimate of drug-likeness (QED) is 0.861. The van der Waals surface area contributed by atoms with Crippen molar-refractivity contribution in [2.75, 3.05) is 5.32 Å². The second kappa shape index (κ2) is 6.29. The Morgan fingerprint density at radius 3 is 3.00 bits per heavy atom. The number of nitrogens with zero attached hydrogens (tertiary/aromatic N) is 1. The van der Waals surface area contributed by atoms with Crippen LogP contribution in [0, 0.1) is 0 Å². The van der Waals surface area contributed by atoms with E-state index < -0.39 is 6.04 Å². The number of fused-ring (bicyclic) bond motifs is 1. The van der Waals surface area contributed by atoms with E-state index in [-0.39, 0.29) is 5.91 Å². The number of unbranched alkanes of at least 4 members (excludes halogenated alkanes) is 1. The molecule has 4 nitrogen and oxygen atoms in total. The molecule has 100 valence electrons. The lowest BCUT2D eigenvalue weighted by molar-refractivity contribution is -0.117. The lowest BCUT2D eigenvalue weighted by atomic mass is 10.0. The Balaban J connectivity index is 1.92. The number of amides is 1. The number of aryl methyl sites for hydroxylation is 2. The molecule has 5 heteroatoms. The number of carbonyl (C=O) groups is 1. The molecule has 1 aromatic rings. The van der Waals surface area contributed by atoms with Gasteiger partial charge in [-0.2, -0.15) is 0 Å². The topological polar surface area (TPSA) is 68.0 Å². The van der Waals surface area contributed by atoms with E-state index in [9.17, 15) is 4.79 Å². The van der Waals surface area contributed by atoms with Crippen LogP contribution in [0.25, 0.3) is 0 Å². The molecule has 0 unspecified atom stereocenters. The number of hydrogen-bond acceptors (Lipinski definition) is 4. The Labute approximate surface area is 112 Å². The van der Waals surface area contributed by atoms with Crippen molar-refractivity contribution in [2.24, 2.45) is 5.73 Å². The van der Waals surface area contributed by atoms with E-state index in [0.29, 0.717) is 0 Å². The summed E-state index contributed by atoms with van der Waals surface area (Å²) in [5.41, 5.74) is 7.01. The second-order valence-electron chi connectivity index (χ2n) is 4.83. The highest BCUT2D eigenvalue weighted by Crippen LogP contribution is 2.29. The molecule has 1 atom stereocenters. The highest BCUT2D eigenvalue weighted by atomic mass is 32.1. The maximum atomic E-state index is 11.9. The van der Waals surface area contributed by atoms with Gasteiger partial charge in [0.15, 0.2) is 5.13 Å². The van der Waals surface area contributed by atoms with Crippen molar-refractivity contribution in [3.8, 4) is 0 Å². The molecule has 0 radical (unpaired) electrons. The number of aromatic nitrogens is 1. The van der Waals surface area contributed by atoms with Crippen molar-refractivity contribution in [2.45, 2.75) is 57.9 Å². The molecule has 1 heterocycles. The zero-order chi connectivity index (χ0) is 13.0. The van der Waals surface area contributed by atoms with E-state index in [0.717, 1.165) is 37.2 Å². The Morgan fingerprint density at radius 2 is 2.28 bits per heavy atom. The fraction of sp³-hybridized carbons (Fsp3) is 0.692. The molecule has 0 fully saturated rings. The van der Waals surface area contributed by atoms with Crippen LogP contribution >= 0.6 is 11.3 Å². The Bertz CT molecular complexity index is 393. The maximum absolute atomic E-state index is 11.9. The molecule has 0 aliphatic heterocycles. The molecule has 0 saturated carbocycles. The lowest BCUT2D eigenvalue weighted by Gasteiger charge is -2.09. The van der Waals surface area contributed by atoms with Crippen molar-refractivity contribution < 1.29 is 4.79 Å². The standard InChI is InChI=1S/C13H21N3OS/c1-2-3-6-9(14)12(17)16-13-15-10-7-4-5-8-11(10)18-13/h9H,2-8,14H2,1H3,(H,15,16,17)/t9-/m0/s1. The van der Waals surface area contributed by atoms with Crippen LogP contribution in [0.15, 0.2) is 0 Å². The van der Waals surface area contributed by atoms with E-state index in [2.05, 4.69) is 17.2 Å². The molecule has 18 heavy (non-hydrogen) atoms. The number of nitrogens with one attached hydrogen (secondary N) is 1. The molecule has 0 spiro atoms. The summed E-state index contributed by atoms with van der Waals surface area (Å²) in [5, 5.41) is 3.57. The van der Waals surface area contributed by atoms with Crippen molar-refractivity contribution >= 4 is 22.4 Å². The van der Waals surface area contributed by atoms with Crippen LogP contribution in [0.2, 0.25) is 0 Å². The third-order valence-electron chi connectivity index (χ3n) is 3.28. The molecule has 0 saturated heterocycles. The SMILES string of the molecule is CCCC[C@H](N)C(=O)Nc1nc2c(s1)CCCC2. The summed E-state index contributed by atoms with van der Waals surface area (Å²) in [7, 11) is 0. The van der Waals surface area contributed by atoms with Gasteiger partial charge in [0.2, 0.25) is 5.91 Å². The minimum atomic E-state index is -0.411. The van der Waals surface area contributed by atoms with E-state index in [1.807, 2.05) is 0 Å². The molecule has 1 amide bonds. The van der Waals surface area contributed by atoms with E-state index in [1.54, 1.807) is 11.3 Å². The monoisotopic (exact) mass is 267 g/mol. The summed E-state index contributed by atoms with van der Waals surface area (Å²) >= 11 is 1.61. The normalized spacial score (nSPS) is 16.1. The number of anilines is 1. The number of carbonyl (C=O) groups excluding carboxylic acids is 1. The number of thiazole rings is 1. The predicted octanol–water partition coefficient (Wildman–Crippen LogP) is 2.48. The first-order valence-corrected chi connectivity index (χ1v) is 7.57. The van der Waals surface area contributed by atoms with Crippen LogP contribution in [-0.2, 0) is 17.6 Å². The summed E-state index contributed by atoms with van der Waals surface area (Å²) in [4.78, 5) is 17.7. The maximum Gasteiger partial charge on any atom is 0.243 e. The van der Waals surface area contributed by atoms with Gasteiger partial charge >= 0.3 is 0 Å². The van der Waals surface area contributed by atoms with Crippen LogP contribution < -0.4 is 11.1 Å². The lowest BCUT2D eigenvalue weighted by Crippen LogP contribution is -2.35. The van der Waals surface area contributed by atoms with Gasteiger partial charge in [-0.25, -0.2) is 4.98 Å². The first kappa shape index (κ1) is 13.5. The number of nitrogens with two attached hydrogens (primary N) is 1. The Hall–Kier alpha value is -0.940. The average molecular weight is 267 g/mol. The molecule has 0 bridgehead atoms. The van der Waals surface area contributed by atoms with E-state index in [4.69, 9.17) is 5.73 Å². The third kappa shape index (κ3) is 3.29. The second-order valence-corrected chi connectivity index (χ2v) is 5.92. The summed E-state index contributed by atoms with van der Waals surface area (Å²) in [5.74, 6) is -0.102. The molecule has 2 rings (SSSR count). The van der Waals surface area contributed by atoms with Gasteiger partial charge in [0.05, 0.1) is 11.7 Å². The van der Waals surface area contributed by atoms with Gasteiger partial charge in [0.25, 0.3) is 0 Å². The van der Waals surface area contributed by atoms with Gasteiger partial charge in [0.1, 0.15) is 0 Å². The highest BCUT2D eigenvalue weighted by Gasteiger charge is 2.18. The average Bonchev–Trinajstić information content (AvgIpc) is 2.77. The highest BCUT2D eigenvalue weighted by molar-refractivity contribution is 7.15. The zero-order valence-electron chi connectivity index (χ0n) is 10.9. The van der Waals surface area contributed by atoms with Gasteiger partial charge in [-0.1, -0.05) is 19.8 Å². The molecular formula is C13H21N3OS. The van der Waals surface area contributed by atoms with Crippen LogP contribution in [0.1, 0.15) is 49.6 Å². The first-order valence-electron chi connectivity index (χ1n) is 6.75. The smallest absolute Gasteiger partial charge is 0.243 e. The molecule has 1 aliphatic rings. The molecule has 0 aromatic carbocycles. The summed E-state index contributed by atoms with van der Waals surface area (Å²) < 4.78 is 0.